The van der Waals surface area contributed by atoms with Crippen molar-refractivity contribution in [2.45, 2.75) is 25.8 Å². The van der Waals surface area contributed by atoms with Crippen LogP contribution in [0.4, 0.5) is 0 Å². The van der Waals surface area contributed by atoms with Crippen molar-refractivity contribution in [1.29, 1.82) is 0 Å². The summed E-state index contributed by atoms with van der Waals surface area (Å²) in [5.74, 6) is 2.29. The van der Waals surface area contributed by atoms with Gasteiger partial charge in [-0.25, -0.2) is 5.01 Å². The Morgan fingerprint density at radius 3 is 2.69 bits per heavy atom. The van der Waals surface area contributed by atoms with Crippen LogP contribution in [0.25, 0.3) is 0 Å². The first kappa shape index (κ1) is 10.6. The van der Waals surface area contributed by atoms with Gasteiger partial charge < -0.3 is 4.74 Å². The summed E-state index contributed by atoms with van der Waals surface area (Å²) in [7, 11) is 0. The highest BCUT2D eigenvalue weighted by atomic mass is 32.2. The molecule has 0 unspecified atom stereocenters. The third kappa shape index (κ3) is 1.34. The molecule has 88 valence electrons. The van der Waals surface area contributed by atoms with Gasteiger partial charge in [-0.1, -0.05) is 0 Å². The van der Waals surface area contributed by atoms with Gasteiger partial charge in [0, 0.05) is 24.7 Å². The molecule has 2 fully saturated rings. The number of hydrogen-bond acceptors (Lipinski definition) is 4. The Morgan fingerprint density at radius 2 is 2.12 bits per heavy atom. The van der Waals surface area contributed by atoms with Crippen molar-refractivity contribution in [3.8, 4) is 0 Å². The first-order chi connectivity index (χ1) is 7.74. The second-order valence-corrected chi connectivity index (χ2v) is 5.80. The topological polar surface area (TPSA) is 41.9 Å². The first-order valence-electron chi connectivity index (χ1n) is 5.79. The molecular formula is C11H16N2O2S. The van der Waals surface area contributed by atoms with Crippen molar-refractivity contribution in [2.24, 2.45) is 10.5 Å². The van der Waals surface area contributed by atoms with E-state index in [2.05, 4.69) is 5.10 Å². The summed E-state index contributed by atoms with van der Waals surface area (Å²) in [6, 6.07) is 0.342. The maximum atomic E-state index is 12.5. The molecular weight excluding hydrogens is 224 g/mol. The predicted octanol–water partition coefficient (Wildman–Crippen LogP) is 1.12. The lowest BCUT2D eigenvalue weighted by atomic mass is 9.76. The van der Waals surface area contributed by atoms with Crippen LogP contribution in [0.1, 0.15) is 19.8 Å². The van der Waals surface area contributed by atoms with E-state index in [9.17, 15) is 4.79 Å². The monoisotopic (exact) mass is 240 g/mol. The molecule has 0 aliphatic carbocycles. The molecule has 16 heavy (non-hydrogen) atoms. The van der Waals surface area contributed by atoms with E-state index in [1.165, 1.54) is 0 Å². The summed E-state index contributed by atoms with van der Waals surface area (Å²) in [6.07, 6.45) is 1.61. The number of rotatable bonds is 1. The van der Waals surface area contributed by atoms with Crippen molar-refractivity contribution in [3.05, 3.63) is 0 Å². The minimum absolute atomic E-state index is 0.221. The van der Waals surface area contributed by atoms with E-state index < -0.39 is 0 Å². The van der Waals surface area contributed by atoms with Gasteiger partial charge in [0.15, 0.2) is 0 Å². The lowest BCUT2D eigenvalue weighted by molar-refractivity contribution is -0.141. The average molecular weight is 240 g/mol. The van der Waals surface area contributed by atoms with Gasteiger partial charge in [-0.15, -0.1) is 0 Å². The molecule has 3 aliphatic heterocycles. The number of hydrogen-bond donors (Lipinski definition) is 0. The minimum Gasteiger partial charge on any atom is -0.381 e. The van der Waals surface area contributed by atoms with Crippen LogP contribution in [0, 0.1) is 5.41 Å². The fourth-order valence-electron chi connectivity index (χ4n) is 2.58. The van der Waals surface area contributed by atoms with Crippen molar-refractivity contribution >= 4 is 23.4 Å². The molecule has 2 saturated heterocycles. The van der Waals surface area contributed by atoms with Crippen LogP contribution in [0.2, 0.25) is 0 Å². The van der Waals surface area contributed by atoms with Crippen molar-refractivity contribution in [2.75, 3.05) is 24.7 Å². The highest BCUT2D eigenvalue weighted by molar-refractivity contribution is 8.00. The molecule has 0 aromatic rings. The summed E-state index contributed by atoms with van der Waals surface area (Å²) >= 11 is 1.88. The molecule has 3 heterocycles. The van der Waals surface area contributed by atoms with Crippen LogP contribution in [0.15, 0.2) is 5.10 Å². The SMILES string of the molecule is CC1=NN(C2CSC2)C(=O)C12CCOCC2. The van der Waals surface area contributed by atoms with Crippen molar-refractivity contribution < 1.29 is 9.53 Å². The Morgan fingerprint density at radius 1 is 1.44 bits per heavy atom. The molecule has 0 N–H and O–H groups in total. The molecule has 0 aromatic heterocycles. The van der Waals surface area contributed by atoms with Gasteiger partial charge in [0.1, 0.15) is 0 Å². The van der Waals surface area contributed by atoms with Gasteiger partial charge in [-0.05, 0) is 19.8 Å². The molecule has 1 spiro atoms. The van der Waals surface area contributed by atoms with E-state index in [4.69, 9.17) is 4.74 Å². The van der Waals surface area contributed by atoms with Gasteiger partial charge in [0.25, 0.3) is 5.91 Å². The number of thioether (sulfide) groups is 1. The second kappa shape index (κ2) is 3.74. The van der Waals surface area contributed by atoms with Gasteiger partial charge in [0.05, 0.1) is 17.2 Å². The lowest BCUT2D eigenvalue weighted by Crippen LogP contribution is -2.49. The summed E-state index contributed by atoms with van der Waals surface area (Å²) < 4.78 is 5.36. The molecule has 5 heteroatoms. The summed E-state index contributed by atoms with van der Waals surface area (Å²) in [5.41, 5.74) is 0.677. The molecule has 0 atom stereocenters. The van der Waals surface area contributed by atoms with Crippen LogP contribution in [-0.2, 0) is 9.53 Å². The standard InChI is InChI=1S/C11H16N2O2S/c1-8-11(2-4-15-5-3-11)10(14)13(12-8)9-6-16-7-9/h9H,2-7H2,1H3. The van der Waals surface area contributed by atoms with E-state index in [1.54, 1.807) is 5.01 Å². The Bertz CT molecular complexity index is 346. The van der Waals surface area contributed by atoms with Crippen LogP contribution < -0.4 is 0 Å². The van der Waals surface area contributed by atoms with Gasteiger partial charge in [-0.2, -0.15) is 16.9 Å². The number of hydrazone groups is 1. The summed E-state index contributed by atoms with van der Waals surface area (Å²) in [5, 5.41) is 6.25. The molecule has 0 radical (unpaired) electrons. The molecule has 0 saturated carbocycles. The predicted molar refractivity (Wildman–Crippen MR) is 63.6 cm³/mol. The number of carbonyl (C=O) groups is 1. The second-order valence-electron chi connectivity index (χ2n) is 4.72. The first-order valence-corrected chi connectivity index (χ1v) is 6.94. The Balaban J connectivity index is 1.85. The van der Waals surface area contributed by atoms with Crippen LogP contribution in [-0.4, -0.2) is 47.4 Å². The Labute approximate surface area is 99.4 Å². The number of carbonyl (C=O) groups excluding carboxylic acids is 1. The van der Waals surface area contributed by atoms with E-state index >= 15 is 0 Å². The molecule has 0 aromatic carbocycles. The van der Waals surface area contributed by atoms with E-state index in [0.29, 0.717) is 19.3 Å². The number of amides is 1. The highest BCUT2D eigenvalue weighted by Gasteiger charge is 2.51. The molecule has 1 amide bonds. The zero-order valence-corrected chi connectivity index (χ0v) is 10.3. The maximum Gasteiger partial charge on any atom is 0.255 e. The van der Waals surface area contributed by atoms with Crippen molar-refractivity contribution in [3.63, 3.8) is 0 Å². The summed E-state index contributed by atoms with van der Waals surface area (Å²) in [4.78, 5) is 12.5. The van der Waals surface area contributed by atoms with Crippen LogP contribution in [0.3, 0.4) is 0 Å². The number of nitrogens with zero attached hydrogens (tertiary/aromatic N) is 2. The molecule has 3 aliphatic rings. The zero-order chi connectivity index (χ0) is 11.2. The number of ether oxygens (including phenoxy) is 1. The zero-order valence-electron chi connectivity index (χ0n) is 9.44. The van der Waals surface area contributed by atoms with Crippen LogP contribution >= 0.6 is 11.8 Å². The van der Waals surface area contributed by atoms with E-state index in [1.807, 2.05) is 18.7 Å². The fraction of sp³-hybridized carbons (Fsp3) is 0.818. The fourth-order valence-corrected chi connectivity index (χ4v) is 3.31. The smallest absolute Gasteiger partial charge is 0.255 e. The third-order valence-corrected chi connectivity index (χ3v) is 5.12. The Hall–Kier alpha value is -0.550. The normalized spacial score (nSPS) is 29.4. The quantitative estimate of drug-likeness (QED) is 0.689. The molecule has 3 rings (SSSR count). The third-order valence-electron chi connectivity index (χ3n) is 3.88. The lowest BCUT2D eigenvalue weighted by Gasteiger charge is -2.35. The molecule has 4 nitrogen and oxygen atoms in total. The van der Waals surface area contributed by atoms with E-state index in [-0.39, 0.29) is 11.3 Å². The van der Waals surface area contributed by atoms with Gasteiger partial charge in [-0.3, -0.25) is 4.79 Å². The van der Waals surface area contributed by atoms with Gasteiger partial charge >= 0.3 is 0 Å². The van der Waals surface area contributed by atoms with E-state index in [0.717, 1.165) is 30.1 Å². The van der Waals surface area contributed by atoms with Gasteiger partial charge in [0.2, 0.25) is 0 Å². The maximum absolute atomic E-state index is 12.5. The van der Waals surface area contributed by atoms with Crippen molar-refractivity contribution in [1.82, 2.24) is 5.01 Å². The minimum atomic E-state index is -0.321. The highest BCUT2D eigenvalue weighted by Crippen LogP contribution is 2.41. The van der Waals surface area contributed by atoms with Crippen LogP contribution in [0.5, 0.6) is 0 Å². The largest absolute Gasteiger partial charge is 0.381 e. The average Bonchev–Trinajstić information content (AvgIpc) is 2.44. The molecule has 0 bridgehead atoms. The Kier molecular flexibility index (Phi) is 2.47. The summed E-state index contributed by atoms with van der Waals surface area (Å²) in [6.45, 7) is 3.37.